The molecule has 0 bridgehead atoms. The number of sulfonamides is 1. The number of carbonyl (C=O) groups is 1. The molecule has 1 fully saturated rings. The maximum Gasteiger partial charge on any atom is 0.416 e. The van der Waals surface area contributed by atoms with E-state index in [1.807, 2.05) is 0 Å². The summed E-state index contributed by atoms with van der Waals surface area (Å²) in [5.74, 6) is 0.524. The van der Waals surface area contributed by atoms with Crippen molar-refractivity contribution < 1.29 is 45.0 Å². The zero-order valence-electron chi connectivity index (χ0n) is 23.1. The lowest BCUT2D eigenvalue weighted by Crippen LogP contribution is -2.50. The molecule has 3 aromatic rings. The molecule has 0 amide bonds. The van der Waals surface area contributed by atoms with E-state index in [1.54, 1.807) is 38.1 Å². The molecule has 1 N–H and O–H groups in total. The first-order valence-corrected chi connectivity index (χ1v) is 14.8. The number of aromatic nitrogens is 1. The van der Waals surface area contributed by atoms with Crippen LogP contribution in [0.1, 0.15) is 29.5 Å². The van der Waals surface area contributed by atoms with Gasteiger partial charge in [0.25, 0.3) is 0 Å². The Morgan fingerprint density at radius 2 is 1.95 bits per heavy atom. The number of aryl methyl sites for hydroxylation is 1. The summed E-state index contributed by atoms with van der Waals surface area (Å²) in [6, 6.07) is 11.4. The van der Waals surface area contributed by atoms with E-state index in [0.29, 0.717) is 41.3 Å². The predicted molar refractivity (Wildman–Crippen MR) is 146 cm³/mol. The van der Waals surface area contributed by atoms with Crippen LogP contribution in [0, 0.1) is 6.92 Å². The lowest BCUT2D eigenvalue weighted by atomic mass is 10.1. The van der Waals surface area contributed by atoms with Crippen LogP contribution in [-0.4, -0.2) is 68.6 Å². The SMILES string of the molecule is CCOC(=O)CN(Cc1cccc(OCCc2nc(-c3ccc(C(F)(F)F)cc3)oc2C)c1)S(=O)(=O)C1CNCCO1. The van der Waals surface area contributed by atoms with Crippen LogP contribution < -0.4 is 10.1 Å². The number of ether oxygens (including phenoxy) is 3. The van der Waals surface area contributed by atoms with Crippen molar-refractivity contribution in [3.63, 3.8) is 0 Å². The van der Waals surface area contributed by atoms with E-state index in [0.717, 1.165) is 16.4 Å². The van der Waals surface area contributed by atoms with Crippen molar-refractivity contribution in [2.24, 2.45) is 0 Å². The zero-order valence-corrected chi connectivity index (χ0v) is 24.0. The average molecular weight is 612 g/mol. The van der Waals surface area contributed by atoms with Gasteiger partial charge in [-0.25, -0.2) is 13.4 Å². The minimum Gasteiger partial charge on any atom is -0.493 e. The first-order chi connectivity index (χ1) is 20.0. The molecule has 1 aromatic heterocycles. The van der Waals surface area contributed by atoms with Gasteiger partial charge in [-0.1, -0.05) is 12.1 Å². The zero-order chi connectivity index (χ0) is 30.3. The van der Waals surface area contributed by atoms with E-state index in [9.17, 15) is 26.4 Å². The molecule has 0 radical (unpaired) electrons. The standard InChI is InChI=1S/C28H32F3N3O7S/c1-3-38-25(35)18-34(42(36,37)26-16-32-12-14-40-26)17-20-5-4-6-23(15-20)39-13-11-24-19(2)41-27(33-24)21-7-9-22(10-8-21)28(29,30)31/h4-10,15,26,32H,3,11-14,16-18H2,1-2H3. The van der Waals surface area contributed by atoms with Gasteiger partial charge < -0.3 is 23.9 Å². The van der Waals surface area contributed by atoms with E-state index in [2.05, 4.69) is 10.3 Å². The Bertz CT molecular complexity index is 1450. The van der Waals surface area contributed by atoms with E-state index < -0.39 is 39.7 Å². The summed E-state index contributed by atoms with van der Waals surface area (Å²) in [6.07, 6.45) is -4.07. The Balaban J connectivity index is 1.40. The van der Waals surface area contributed by atoms with E-state index >= 15 is 0 Å². The lowest BCUT2D eigenvalue weighted by Gasteiger charge is -2.29. The third kappa shape index (κ3) is 8.09. The minimum absolute atomic E-state index is 0.100. The van der Waals surface area contributed by atoms with E-state index in [-0.39, 0.29) is 38.8 Å². The maximum absolute atomic E-state index is 13.3. The number of morpholine rings is 1. The quantitative estimate of drug-likeness (QED) is 0.304. The molecule has 0 aliphatic carbocycles. The van der Waals surface area contributed by atoms with Gasteiger partial charge in [0.05, 0.1) is 31.1 Å². The van der Waals surface area contributed by atoms with Crippen molar-refractivity contribution in [1.29, 1.82) is 0 Å². The number of oxazole rings is 1. The number of hydrogen-bond donors (Lipinski definition) is 1. The van der Waals surface area contributed by atoms with E-state index in [4.69, 9.17) is 18.6 Å². The van der Waals surface area contributed by atoms with Crippen molar-refractivity contribution in [2.45, 2.75) is 38.4 Å². The number of nitrogens with one attached hydrogen (secondary N) is 1. The highest BCUT2D eigenvalue weighted by Gasteiger charge is 2.36. The van der Waals surface area contributed by atoms with Crippen molar-refractivity contribution in [2.75, 3.05) is 39.5 Å². The van der Waals surface area contributed by atoms with Crippen LogP contribution in [0.15, 0.2) is 52.9 Å². The second kappa shape index (κ2) is 13.7. The molecule has 10 nitrogen and oxygen atoms in total. The second-order valence-corrected chi connectivity index (χ2v) is 11.5. The Morgan fingerprint density at radius 1 is 1.19 bits per heavy atom. The fourth-order valence-corrected chi connectivity index (χ4v) is 5.82. The number of rotatable bonds is 12. The van der Waals surface area contributed by atoms with Crippen LogP contribution in [0.4, 0.5) is 13.2 Å². The molecule has 0 saturated carbocycles. The van der Waals surface area contributed by atoms with Crippen LogP contribution in [0.5, 0.6) is 5.75 Å². The first-order valence-electron chi connectivity index (χ1n) is 13.3. The topological polar surface area (TPSA) is 120 Å². The number of nitrogens with zero attached hydrogens (tertiary/aromatic N) is 2. The molecule has 0 spiro atoms. The van der Waals surface area contributed by atoms with Gasteiger partial charge in [0.2, 0.25) is 15.9 Å². The summed E-state index contributed by atoms with van der Waals surface area (Å²) < 4.78 is 88.2. The number of halogens is 3. The fraction of sp³-hybridized carbons (Fsp3) is 0.429. The third-order valence-corrected chi connectivity index (χ3v) is 8.36. The molecule has 228 valence electrons. The summed E-state index contributed by atoms with van der Waals surface area (Å²) in [5.41, 5.74) is -0.285. The highest BCUT2D eigenvalue weighted by Crippen LogP contribution is 2.31. The number of hydrogen-bond acceptors (Lipinski definition) is 9. The highest BCUT2D eigenvalue weighted by atomic mass is 32.2. The van der Waals surface area contributed by atoms with Crippen molar-refractivity contribution in [1.82, 2.24) is 14.6 Å². The van der Waals surface area contributed by atoms with Gasteiger partial charge in [0, 0.05) is 31.6 Å². The van der Waals surface area contributed by atoms with Crippen LogP contribution in [0.2, 0.25) is 0 Å². The Hall–Kier alpha value is -3.46. The van der Waals surface area contributed by atoms with Gasteiger partial charge >= 0.3 is 12.1 Å². The number of carbonyl (C=O) groups excluding carboxylic acids is 1. The van der Waals surface area contributed by atoms with Crippen molar-refractivity contribution >= 4 is 16.0 Å². The van der Waals surface area contributed by atoms with Gasteiger partial charge in [-0.2, -0.15) is 17.5 Å². The molecule has 14 heteroatoms. The third-order valence-electron chi connectivity index (χ3n) is 6.41. The predicted octanol–water partition coefficient (Wildman–Crippen LogP) is 3.93. The average Bonchev–Trinajstić information content (AvgIpc) is 3.33. The second-order valence-electron chi connectivity index (χ2n) is 9.47. The van der Waals surface area contributed by atoms with Gasteiger partial charge in [-0.3, -0.25) is 4.79 Å². The summed E-state index contributed by atoms with van der Waals surface area (Å²) >= 11 is 0. The first kappa shape index (κ1) is 31.5. The normalized spacial score (nSPS) is 16.0. The van der Waals surface area contributed by atoms with Crippen molar-refractivity contribution in [3.05, 3.63) is 71.1 Å². The van der Waals surface area contributed by atoms with Crippen molar-refractivity contribution in [3.8, 4) is 17.2 Å². The number of alkyl halides is 3. The molecular formula is C28H32F3N3O7S. The molecule has 42 heavy (non-hydrogen) atoms. The molecule has 1 unspecified atom stereocenters. The van der Waals surface area contributed by atoms with Gasteiger partial charge in [0.1, 0.15) is 18.1 Å². The summed E-state index contributed by atoms with van der Waals surface area (Å²) in [6.45, 7) is 3.98. The fourth-order valence-electron chi connectivity index (χ4n) is 4.27. The van der Waals surface area contributed by atoms with Gasteiger partial charge in [-0.05, 0) is 55.8 Å². The van der Waals surface area contributed by atoms with Crippen LogP contribution in [0.25, 0.3) is 11.5 Å². The molecule has 4 rings (SSSR count). The Morgan fingerprint density at radius 3 is 2.62 bits per heavy atom. The summed E-state index contributed by atoms with van der Waals surface area (Å²) in [7, 11) is -4.00. The lowest BCUT2D eigenvalue weighted by molar-refractivity contribution is -0.143. The smallest absolute Gasteiger partial charge is 0.416 e. The number of benzene rings is 2. The van der Waals surface area contributed by atoms with Crippen LogP contribution in [-0.2, 0) is 43.4 Å². The maximum atomic E-state index is 13.3. The highest BCUT2D eigenvalue weighted by molar-refractivity contribution is 7.89. The largest absolute Gasteiger partial charge is 0.493 e. The molecule has 1 aliphatic rings. The minimum atomic E-state index is -4.43. The Kier molecular flexibility index (Phi) is 10.2. The van der Waals surface area contributed by atoms with Gasteiger partial charge in [0.15, 0.2) is 5.44 Å². The van der Waals surface area contributed by atoms with Gasteiger partial charge in [-0.15, -0.1) is 0 Å². The monoisotopic (exact) mass is 611 g/mol. The Labute approximate surface area is 241 Å². The van der Waals surface area contributed by atoms with E-state index in [1.165, 1.54) is 12.1 Å². The molecule has 1 atom stereocenters. The summed E-state index contributed by atoms with van der Waals surface area (Å²) in [5, 5.41) is 2.99. The van der Waals surface area contributed by atoms with Crippen LogP contribution >= 0.6 is 0 Å². The van der Waals surface area contributed by atoms with Crippen LogP contribution in [0.3, 0.4) is 0 Å². The summed E-state index contributed by atoms with van der Waals surface area (Å²) in [4.78, 5) is 16.6. The molecular weight excluding hydrogens is 579 g/mol. The number of esters is 1. The molecule has 2 aromatic carbocycles. The molecule has 1 saturated heterocycles. The molecule has 1 aliphatic heterocycles. The molecule has 2 heterocycles.